The first kappa shape index (κ1) is 20.0. The quantitative estimate of drug-likeness (QED) is 0.780. The van der Waals surface area contributed by atoms with Crippen LogP contribution in [0.2, 0.25) is 0 Å². The van der Waals surface area contributed by atoms with E-state index < -0.39 is 0 Å². The van der Waals surface area contributed by atoms with E-state index in [9.17, 15) is 9.59 Å². The van der Waals surface area contributed by atoms with E-state index in [0.717, 1.165) is 11.3 Å². The molecule has 0 radical (unpaired) electrons. The molecule has 0 spiro atoms. The average Bonchev–Trinajstić information content (AvgIpc) is 2.68. The van der Waals surface area contributed by atoms with Crippen LogP contribution in [0.5, 0.6) is 5.75 Å². The van der Waals surface area contributed by atoms with Crippen molar-refractivity contribution < 1.29 is 14.3 Å². The number of nitriles is 1. The molecule has 0 bridgehead atoms. The summed E-state index contributed by atoms with van der Waals surface area (Å²) in [7, 11) is 1.62. The number of ether oxygens (including phenoxy) is 1. The summed E-state index contributed by atoms with van der Waals surface area (Å²) in [5, 5.41) is 11.9. The van der Waals surface area contributed by atoms with Crippen molar-refractivity contribution in [2.75, 3.05) is 25.1 Å². The zero-order valence-corrected chi connectivity index (χ0v) is 15.6. The molecule has 0 aliphatic heterocycles. The molecule has 0 fully saturated rings. The fourth-order valence-electron chi connectivity index (χ4n) is 2.69. The van der Waals surface area contributed by atoms with Crippen LogP contribution in [0.1, 0.15) is 24.5 Å². The van der Waals surface area contributed by atoms with Gasteiger partial charge in [0.05, 0.1) is 18.7 Å². The van der Waals surface area contributed by atoms with Gasteiger partial charge in [0.25, 0.3) is 0 Å². The number of hydrogen-bond donors (Lipinski definition) is 1. The van der Waals surface area contributed by atoms with Gasteiger partial charge in [0, 0.05) is 32.1 Å². The van der Waals surface area contributed by atoms with Crippen molar-refractivity contribution in [3.63, 3.8) is 0 Å². The second-order valence-electron chi connectivity index (χ2n) is 6.03. The first-order chi connectivity index (χ1) is 13.0. The molecule has 0 atom stereocenters. The molecule has 0 heterocycles. The van der Waals surface area contributed by atoms with E-state index in [2.05, 4.69) is 11.4 Å². The Morgan fingerprint density at radius 2 is 1.96 bits per heavy atom. The molecule has 0 saturated carbocycles. The summed E-state index contributed by atoms with van der Waals surface area (Å²) in [6.45, 7) is 2.21. The lowest BCUT2D eigenvalue weighted by atomic mass is 10.1. The Morgan fingerprint density at radius 1 is 1.19 bits per heavy atom. The molecule has 140 valence electrons. The van der Waals surface area contributed by atoms with Gasteiger partial charge in [0.2, 0.25) is 11.8 Å². The van der Waals surface area contributed by atoms with Gasteiger partial charge in [-0.05, 0) is 42.3 Å². The molecule has 0 aliphatic carbocycles. The Balaban J connectivity index is 1.85. The minimum atomic E-state index is -0.172. The Morgan fingerprint density at radius 3 is 2.67 bits per heavy atom. The molecule has 2 rings (SSSR count). The van der Waals surface area contributed by atoms with Gasteiger partial charge in [0.15, 0.2) is 0 Å². The summed E-state index contributed by atoms with van der Waals surface area (Å²) >= 11 is 0. The van der Waals surface area contributed by atoms with Crippen LogP contribution in [0.3, 0.4) is 0 Å². The van der Waals surface area contributed by atoms with Crippen LogP contribution < -0.4 is 15.0 Å². The van der Waals surface area contributed by atoms with Crippen molar-refractivity contribution >= 4 is 17.5 Å². The zero-order chi connectivity index (χ0) is 19.6. The predicted molar refractivity (Wildman–Crippen MR) is 104 cm³/mol. The van der Waals surface area contributed by atoms with Crippen molar-refractivity contribution in [1.82, 2.24) is 5.32 Å². The molecule has 0 unspecified atom stereocenters. The molecule has 2 aromatic rings. The van der Waals surface area contributed by atoms with E-state index in [0.29, 0.717) is 24.2 Å². The highest BCUT2D eigenvalue weighted by Crippen LogP contribution is 2.16. The van der Waals surface area contributed by atoms with E-state index >= 15 is 0 Å². The number of hydrogen-bond acceptors (Lipinski definition) is 4. The second kappa shape index (κ2) is 9.97. The summed E-state index contributed by atoms with van der Waals surface area (Å²) in [5.74, 6) is 0.491. The Kier molecular flexibility index (Phi) is 7.38. The van der Waals surface area contributed by atoms with E-state index in [1.807, 2.05) is 24.3 Å². The number of carbonyl (C=O) groups is 2. The van der Waals surface area contributed by atoms with Crippen LogP contribution in [0.4, 0.5) is 5.69 Å². The molecule has 0 aromatic heterocycles. The van der Waals surface area contributed by atoms with E-state index in [-0.39, 0.29) is 24.8 Å². The zero-order valence-electron chi connectivity index (χ0n) is 15.6. The van der Waals surface area contributed by atoms with Crippen molar-refractivity contribution in [2.24, 2.45) is 0 Å². The lowest BCUT2D eigenvalue weighted by Gasteiger charge is -2.21. The third-order valence-electron chi connectivity index (χ3n) is 4.10. The minimum absolute atomic E-state index is 0.124. The molecular formula is C21H23N3O3. The van der Waals surface area contributed by atoms with Gasteiger partial charge in [-0.2, -0.15) is 5.26 Å². The fourth-order valence-corrected chi connectivity index (χ4v) is 2.69. The number of benzene rings is 2. The molecule has 1 N–H and O–H groups in total. The van der Waals surface area contributed by atoms with Crippen LogP contribution in [0.25, 0.3) is 0 Å². The van der Waals surface area contributed by atoms with Crippen molar-refractivity contribution in [3.8, 4) is 11.8 Å². The van der Waals surface area contributed by atoms with E-state index in [1.54, 1.807) is 31.4 Å². The third-order valence-corrected chi connectivity index (χ3v) is 4.10. The Hall–Kier alpha value is -3.33. The summed E-state index contributed by atoms with van der Waals surface area (Å²) in [4.78, 5) is 25.5. The van der Waals surface area contributed by atoms with Gasteiger partial charge >= 0.3 is 0 Å². The average molecular weight is 365 g/mol. The minimum Gasteiger partial charge on any atom is -0.497 e. The summed E-state index contributed by atoms with van der Waals surface area (Å²) in [5.41, 5.74) is 2.17. The number of nitrogens with one attached hydrogen (secondary N) is 1. The lowest BCUT2D eigenvalue weighted by molar-refractivity contribution is -0.121. The molecule has 2 aromatic carbocycles. The first-order valence-electron chi connectivity index (χ1n) is 8.71. The van der Waals surface area contributed by atoms with Crippen molar-refractivity contribution in [3.05, 3.63) is 59.7 Å². The molecule has 6 nitrogen and oxygen atoms in total. The molecular weight excluding hydrogens is 342 g/mol. The van der Waals surface area contributed by atoms with Crippen LogP contribution in [-0.4, -0.2) is 32.0 Å². The first-order valence-corrected chi connectivity index (χ1v) is 8.71. The summed E-state index contributed by atoms with van der Waals surface area (Å²) < 4.78 is 5.18. The normalized spacial score (nSPS) is 9.96. The van der Waals surface area contributed by atoms with Crippen LogP contribution >= 0.6 is 0 Å². The summed E-state index contributed by atoms with van der Waals surface area (Å²) in [6, 6.07) is 16.5. The highest BCUT2D eigenvalue weighted by atomic mass is 16.5. The van der Waals surface area contributed by atoms with Crippen molar-refractivity contribution in [2.45, 2.75) is 19.8 Å². The van der Waals surface area contributed by atoms with Crippen LogP contribution in [-0.2, 0) is 16.0 Å². The van der Waals surface area contributed by atoms with Gasteiger partial charge < -0.3 is 15.0 Å². The van der Waals surface area contributed by atoms with Gasteiger partial charge in [-0.3, -0.25) is 9.59 Å². The van der Waals surface area contributed by atoms with Gasteiger partial charge in [-0.1, -0.05) is 18.2 Å². The Bertz CT molecular complexity index is 843. The number of amides is 2. The van der Waals surface area contributed by atoms with Gasteiger partial charge in [0.1, 0.15) is 5.75 Å². The molecule has 27 heavy (non-hydrogen) atoms. The maximum Gasteiger partial charge on any atom is 0.223 e. The second-order valence-corrected chi connectivity index (χ2v) is 6.03. The maximum absolute atomic E-state index is 12.1. The molecule has 0 saturated heterocycles. The Labute approximate surface area is 159 Å². The topological polar surface area (TPSA) is 82.4 Å². The summed E-state index contributed by atoms with van der Waals surface area (Å²) in [6.07, 6.45) is 0.887. The molecule has 2 amide bonds. The molecule has 6 heteroatoms. The van der Waals surface area contributed by atoms with Crippen LogP contribution in [0.15, 0.2) is 48.5 Å². The number of methoxy groups -OCH3 is 1. The van der Waals surface area contributed by atoms with Crippen molar-refractivity contribution in [1.29, 1.82) is 5.26 Å². The number of anilines is 1. The highest BCUT2D eigenvalue weighted by molar-refractivity contribution is 5.92. The lowest BCUT2D eigenvalue weighted by Crippen LogP contribution is -2.34. The predicted octanol–water partition coefficient (Wildman–Crippen LogP) is 2.67. The van der Waals surface area contributed by atoms with E-state index in [4.69, 9.17) is 10.00 Å². The van der Waals surface area contributed by atoms with Crippen LogP contribution in [0, 0.1) is 11.3 Å². The maximum atomic E-state index is 12.1. The monoisotopic (exact) mass is 365 g/mol. The smallest absolute Gasteiger partial charge is 0.223 e. The third kappa shape index (κ3) is 6.15. The molecule has 0 aliphatic rings. The largest absolute Gasteiger partial charge is 0.497 e. The SMILES string of the molecule is COc1cccc(CCNC(=O)CCN(C(C)=O)c2cccc(C#N)c2)c1. The number of carbonyl (C=O) groups excluding carboxylic acids is 2. The highest BCUT2D eigenvalue weighted by Gasteiger charge is 2.14. The number of nitrogens with zero attached hydrogens (tertiary/aromatic N) is 2. The standard InChI is InChI=1S/C21H23N3O3/c1-16(25)24(19-7-3-6-18(13-19)15-22)12-10-21(26)23-11-9-17-5-4-8-20(14-17)27-2/h3-8,13-14H,9-12H2,1-2H3,(H,23,26). The number of rotatable bonds is 8. The van der Waals surface area contributed by atoms with E-state index in [1.165, 1.54) is 11.8 Å². The fraction of sp³-hybridized carbons (Fsp3) is 0.286. The van der Waals surface area contributed by atoms with Gasteiger partial charge in [-0.25, -0.2) is 0 Å². The van der Waals surface area contributed by atoms with Gasteiger partial charge in [-0.15, -0.1) is 0 Å².